The van der Waals surface area contributed by atoms with Gasteiger partial charge in [-0.1, -0.05) is 80.4 Å². The number of pyridine rings is 1. The van der Waals surface area contributed by atoms with Crippen LogP contribution in [0.1, 0.15) is 61.1 Å². The molecule has 9 nitrogen and oxygen atoms in total. The summed E-state index contributed by atoms with van der Waals surface area (Å²) < 4.78 is 0. The smallest absolute Gasteiger partial charge is 0.270 e. The molecule has 2 aliphatic rings. The maximum absolute atomic E-state index is 13.6. The van der Waals surface area contributed by atoms with Gasteiger partial charge < -0.3 is 10.6 Å². The van der Waals surface area contributed by atoms with Crippen molar-refractivity contribution in [1.29, 1.82) is 0 Å². The van der Waals surface area contributed by atoms with E-state index in [-0.39, 0.29) is 18.0 Å². The molecular weight excluding hydrogens is 532 g/mol. The van der Waals surface area contributed by atoms with Crippen LogP contribution < -0.4 is 16.0 Å². The van der Waals surface area contributed by atoms with Crippen molar-refractivity contribution in [2.45, 2.75) is 51.1 Å². The molecule has 1 aliphatic carbocycles. The predicted octanol–water partition coefficient (Wildman–Crippen LogP) is 3.76. The summed E-state index contributed by atoms with van der Waals surface area (Å²) in [6.45, 7) is 1.55. The average molecular weight is 567 g/mol. The van der Waals surface area contributed by atoms with Crippen molar-refractivity contribution >= 4 is 29.4 Å². The van der Waals surface area contributed by atoms with Crippen LogP contribution in [0.3, 0.4) is 0 Å². The van der Waals surface area contributed by atoms with Crippen LogP contribution in [0.2, 0.25) is 0 Å². The number of amides is 4. The average Bonchev–Trinajstić information content (AvgIpc) is 3.63. The minimum absolute atomic E-state index is 0.119. The number of nitrogens with zero attached hydrogens (tertiary/aromatic N) is 1. The van der Waals surface area contributed by atoms with Crippen molar-refractivity contribution in [2.24, 2.45) is 17.8 Å². The second-order valence-corrected chi connectivity index (χ2v) is 11.0. The Bertz CT molecular complexity index is 1470. The van der Waals surface area contributed by atoms with Crippen LogP contribution in [0, 0.1) is 17.8 Å². The molecule has 0 spiro atoms. The molecule has 9 heteroatoms. The zero-order valence-corrected chi connectivity index (χ0v) is 23.4. The summed E-state index contributed by atoms with van der Waals surface area (Å²) in [4.78, 5) is 69.3. The Morgan fingerprint density at radius 3 is 2.19 bits per heavy atom. The Labute approximate surface area is 244 Å². The number of ketones is 1. The minimum atomic E-state index is -1.13. The maximum atomic E-state index is 13.6. The fourth-order valence-corrected chi connectivity index (χ4v) is 5.92. The lowest BCUT2D eigenvalue weighted by molar-refractivity contribution is -0.137. The van der Waals surface area contributed by atoms with Gasteiger partial charge in [0, 0.05) is 6.20 Å². The molecule has 1 aromatic heterocycles. The van der Waals surface area contributed by atoms with Crippen LogP contribution >= 0.6 is 0 Å². The van der Waals surface area contributed by atoms with Crippen LogP contribution in [-0.4, -0.2) is 40.4 Å². The molecule has 42 heavy (non-hydrogen) atoms. The van der Waals surface area contributed by atoms with Crippen molar-refractivity contribution < 1.29 is 24.0 Å². The van der Waals surface area contributed by atoms with Gasteiger partial charge in [-0.3, -0.25) is 34.3 Å². The SMILES string of the molecule is CC1C(=O)NC(=O)C1C(=O)[C@@H](NC(=O)C[C@H](NC(=O)c1cc(-c2ccccc2)ccn1)c1ccccc1)C1CCCC1. The van der Waals surface area contributed by atoms with E-state index in [4.69, 9.17) is 0 Å². The van der Waals surface area contributed by atoms with Crippen LogP contribution in [0.4, 0.5) is 0 Å². The Kier molecular flexibility index (Phi) is 8.85. The van der Waals surface area contributed by atoms with Crippen molar-refractivity contribution in [3.05, 3.63) is 90.3 Å². The molecular formula is C33H34N4O5. The van der Waals surface area contributed by atoms with Crippen molar-refractivity contribution in [3.8, 4) is 11.1 Å². The molecule has 4 amide bonds. The first-order valence-corrected chi connectivity index (χ1v) is 14.4. The fraction of sp³-hybridized carbons (Fsp3) is 0.333. The molecule has 2 unspecified atom stereocenters. The number of carbonyl (C=O) groups is 5. The lowest BCUT2D eigenvalue weighted by Gasteiger charge is -2.27. The second-order valence-electron chi connectivity index (χ2n) is 11.0. The number of rotatable bonds is 10. The van der Waals surface area contributed by atoms with E-state index in [0.717, 1.165) is 42.4 Å². The van der Waals surface area contributed by atoms with Gasteiger partial charge in [0.15, 0.2) is 5.78 Å². The molecule has 1 saturated heterocycles. The summed E-state index contributed by atoms with van der Waals surface area (Å²) >= 11 is 0. The summed E-state index contributed by atoms with van der Waals surface area (Å²) in [5.74, 6) is -4.44. The van der Waals surface area contributed by atoms with Gasteiger partial charge in [-0.05, 0) is 47.6 Å². The van der Waals surface area contributed by atoms with E-state index in [2.05, 4.69) is 20.9 Å². The molecule has 1 saturated carbocycles. The third-order valence-electron chi connectivity index (χ3n) is 8.24. The van der Waals surface area contributed by atoms with E-state index >= 15 is 0 Å². The molecule has 2 aromatic carbocycles. The van der Waals surface area contributed by atoms with Crippen LogP contribution in [0.5, 0.6) is 0 Å². The number of aromatic nitrogens is 1. The Balaban J connectivity index is 1.34. The largest absolute Gasteiger partial charge is 0.346 e. The van der Waals surface area contributed by atoms with Gasteiger partial charge in [0.2, 0.25) is 17.7 Å². The van der Waals surface area contributed by atoms with E-state index in [1.165, 1.54) is 0 Å². The third-order valence-corrected chi connectivity index (χ3v) is 8.24. The number of hydrogen-bond donors (Lipinski definition) is 3. The maximum Gasteiger partial charge on any atom is 0.270 e. The number of benzene rings is 2. The van der Waals surface area contributed by atoms with Crippen molar-refractivity contribution in [2.75, 3.05) is 0 Å². The lowest BCUT2D eigenvalue weighted by Crippen LogP contribution is -2.50. The molecule has 2 fully saturated rings. The Morgan fingerprint density at radius 2 is 1.55 bits per heavy atom. The highest BCUT2D eigenvalue weighted by Crippen LogP contribution is 2.32. The van der Waals surface area contributed by atoms with Gasteiger partial charge in [0.1, 0.15) is 11.6 Å². The number of carbonyl (C=O) groups excluding carboxylic acids is 5. The number of nitrogens with one attached hydrogen (secondary N) is 3. The van der Waals surface area contributed by atoms with Gasteiger partial charge in [0.05, 0.1) is 24.4 Å². The quantitative estimate of drug-likeness (QED) is 0.253. The molecule has 5 rings (SSSR count). The molecule has 3 aromatic rings. The van der Waals surface area contributed by atoms with E-state index in [1.807, 2.05) is 66.7 Å². The Hall–Kier alpha value is -4.66. The van der Waals surface area contributed by atoms with Crippen molar-refractivity contribution in [3.63, 3.8) is 0 Å². The second kappa shape index (κ2) is 12.9. The van der Waals surface area contributed by atoms with Gasteiger partial charge >= 0.3 is 0 Å². The van der Waals surface area contributed by atoms with Gasteiger partial charge in [-0.2, -0.15) is 0 Å². The molecule has 4 atom stereocenters. The third kappa shape index (κ3) is 6.46. The first-order chi connectivity index (χ1) is 20.3. The van der Waals surface area contributed by atoms with Crippen molar-refractivity contribution in [1.82, 2.24) is 20.9 Å². The molecule has 1 aliphatic heterocycles. The normalized spacial score (nSPS) is 20.0. The topological polar surface area (TPSA) is 134 Å². The number of imide groups is 1. The first kappa shape index (κ1) is 28.9. The lowest BCUT2D eigenvalue weighted by atomic mass is 9.83. The zero-order chi connectivity index (χ0) is 29.6. The van der Waals surface area contributed by atoms with E-state index in [9.17, 15) is 24.0 Å². The van der Waals surface area contributed by atoms with Crippen LogP contribution in [-0.2, 0) is 19.2 Å². The highest BCUT2D eigenvalue weighted by molar-refractivity contribution is 6.16. The summed E-state index contributed by atoms with van der Waals surface area (Å²) in [6.07, 6.45) is 4.78. The number of hydrogen-bond acceptors (Lipinski definition) is 6. The summed E-state index contributed by atoms with van der Waals surface area (Å²) in [5, 5.41) is 8.08. The fourth-order valence-electron chi connectivity index (χ4n) is 5.92. The zero-order valence-electron chi connectivity index (χ0n) is 23.4. The molecule has 3 N–H and O–H groups in total. The standard InChI is InChI=1S/C33H34N4O5/c1-20-28(33(42)37-31(20)40)30(39)29(23-14-8-9-15-23)36-27(38)19-25(22-12-6-3-7-13-22)35-32(41)26-18-24(16-17-34-26)21-10-4-2-5-11-21/h2-7,10-13,16-18,20,23,25,28-29H,8-9,14-15,19H2,1H3,(H,35,41)(H,36,38)(H,37,40,42)/t20?,25-,28?,29-/m0/s1. The molecule has 2 heterocycles. The molecule has 216 valence electrons. The molecule has 0 radical (unpaired) electrons. The van der Waals surface area contributed by atoms with Crippen LogP contribution in [0.15, 0.2) is 79.0 Å². The van der Waals surface area contributed by atoms with Gasteiger partial charge in [-0.25, -0.2) is 0 Å². The van der Waals surface area contributed by atoms with Crippen LogP contribution in [0.25, 0.3) is 11.1 Å². The van der Waals surface area contributed by atoms with E-state index < -0.39 is 53.3 Å². The number of Topliss-reactive ketones (excluding diaryl/α,β-unsaturated/α-hetero) is 1. The Morgan fingerprint density at radius 1 is 0.881 bits per heavy atom. The minimum Gasteiger partial charge on any atom is -0.346 e. The summed E-state index contributed by atoms with van der Waals surface area (Å²) in [5.41, 5.74) is 2.72. The van der Waals surface area contributed by atoms with Gasteiger partial charge in [-0.15, -0.1) is 0 Å². The monoisotopic (exact) mass is 566 g/mol. The summed E-state index contributed by atoms with van der Waals surface area (Å²) in [6, 6.07) is 20.7. The van der Waals surface area contributed by atoms with E-state index in [0.29, 0.717) is 0 Å². The van der Waals surface area contributed by atoms with E-state index in [1.54, 1.807) is 19.2 Å². The predicted molar refractivity (Wildman–Crippen MR) is 156 cm³/mol. The first-order valence-electron chi connectivity index (χ1n) is 14.4. The van der Waals surface area contributed by atoms with Gasteiger partial charge in [0.25, 0.3) is 5.91 Å². The molecule has 0 bridgehead atoms. The summed E-state index contributed by atoms with van der Waals surface area (Å²) in [7, 11) is 0. The highest BCUT2D eigenvalue weighted by atomic mass is 16.2. The highest BCUT2D eigenvalue weighted by Gasteiger charge is 2.47.